The van der Waals surface area contributed by atoms with Gasteiger partial charge >= 0.3 is 0 Å². The topological polar surface area (TPSA) is 74.8 Å². The summed E-state index contributed by atoms with van der Waals surface area (Å²) in [6.45, 7) is 2.13. The molecule has 1 amide bonds. The lowest BCUT2D eigenvalue weighted by molar-refractivity contribution is -0.117. The quantitative estimate of drug-likeness (QED) is 0.551. The molecule has 29 heavy (non-hydrogen) atoms. The van der Waals surface area contributed by atoms with Gasteiger partial charge in [-0.05, 0) is 43.3 Å². The molecule has 0 saturated heterocycles. The molecule has 8 heteroatoms. The molecule has 1 aromatic heterocycles. The standard InChI is InChI=1S/C21H20FN5OS/c1-15(20(28)27(14-6-13-23)18-7-4-3-5-8-18)29-21-25-24-19(26(21)2)16-9-11-17(22)12-10-16/h3-5,7-12,15H,6,14H2,1-2H3/t15-/m0/s1. The number of hydrogen-bond donors (Lipinski definition) is 0. The molecule has 0 radical (unpaired) electrons. The Hall–Kier alpha value is -3.18. The largest absolute Gasteiger partial charge is 0.310 e. The van der Waals surface area contributed by atoms with Crippen LogP contribution in [0.15, 0.2) is 59.8 Å². The Bertz CT molecular complexity index is 1010. The van der Waals surface area contributed by atoms with Crippen molar-refractivity contribution in [3.63, 3.8) is 0 Å². The average molecular weight is 409 g/mol. The smallest absolute Gasteiger partial charge is 0.240 e. The predicted molar refractivity (Wildman–Crippen MR) is 111 cm³/mol. The SMILES string of the molecule is C[C@H](Sc1nnc(-c2ccc(F)cc2)n1C)C(=O)N(CCC#N)c1ccccc1. The van der Waals surface area contributed by atoms with Crippen LogP contribution in [0, 0.1) is 17.1 Å². The highest BCUT2D eigenvalue weighted by molar-refractivity contribution is 8.00. The van der Waals surface area contributed by atoms with Crippen molar-refractivity contribution in [3.05, 3.63) is 60.4 Å². The lowest BCUT2D eigenvalue weighted by Gasteiger charge is -2.24. The van der Waals surface area contributed by atoms with Crippen molar-refractivity contribution in [3.8, 4) is 17.5 Å². The molecule has 0 unspecified atom stereocenters. The lowest BCUT2D eigenvalue weighted by atomic mass is 10.2. The number of rotatable bonds is 7. The van der Waals surface area contributed by atoms with E-state index in [-0.39, 0.29) is 18.1 Å². The number of halogens is 1. The monoisotopic (exact) mass is 409 g/mol. The van der Waals surface area contributed by atoms with Gasteiger partial charge in [-0.1, -0.05) is 30.0 Å². The summed E-state index contributed by atoms with van der Waals surface area (Å²) >= 11 is 1.29. The van der Waals surface area contributed by atoms with Crippen LogP contribution >= 0.6 is 11.8 Å². The molecule has 0 fully saturated rings. The lowest BCUT2D eigenvalue weighted by Crippen LogP contribution is -2.37. The van der Waals surface area contributed by atoms with Crippen molar-refractivity contribution in [2.45, 2.75) is 23.8 Å². The Labute approximate surface area is 173 Å². The third-order valence-electron chi connectivity index (χ3n) is 4.35. The van der Waals surface area contributed by atoms with E-state index in [1.807, 2.05) is 44.3 Å². The molecule has 0 N–H and O–H groups in total. The third-order valence-corrected chi connectivity index (χ3v) is 5.47. The second kappa shape index (κ2) is 9.34. The minimum atomic E-state index is -0.433. The van der Waals surface area contributed by atoms with Crippen molar-refractivity contribution >= 4 is 23.4 Å². The van der Waals surface area contributed by atoms with Crippen LogP contribution in [0.25, 0.3) is 11.4 Å². The van der Waals surface area contributed by atoms with Crippen LogP contribution in [0.3, 0.4) is 0 Å². The number of nitrogens with zero attached hydrogens (tertiary/aromatic N) is 5. The van der Waals surface area contributed by atoms with Crippen molar-refractivity contribution in [1.82, 2.24) is 14.8 Å². The number of carbonyl (C=O) groups is 1. The first-order valence-electron chi connectivity index (χ1n) is 9.06. The Morgan fingerprint density at radius 3 is 2.55 bits per heavy atom. The van der Waals surface area contributed by atoms with Gasteiger partial charge in [0.25, 0.3) is 0 Å². The van der Waals surface area contributed by atoms with E-state index in [0.717, 1.165) is 11.3 Å². The molecule has 2 aromatic carbocycles. The summed E-state index contributed by atoms with van der Waals surface area (Å²) in [7, 11) is 1.81. The highest BCUT2D eigenvalue weighted by Gasteiger charge is 2.25. The fourth-order valence-corrected chi connectivity index (χ4v) is 3.71. The van der Waals surface area contributed by atoms with E-state index in [1.54, 1.807) is 21.6 Å². The van der Waals surface area contributed by atoms with Crippen LogP contribution in [-0.4, -0.2) is 32.5 Å². The summed E-state index contributed by atoms with van der Waals surface area (Å²) in [5.41, 5.74) is 1.50. The van der Waals surface area contributed by atoms with E-state index in [4.69, 9.17) is 5.26 Å². The minimum Gasteiger partial charge on any atom is -0.310 e. The van der Waals surface area contributed by atoms with E-state index >= 15 is 0 Å². The fourth-order valence-electron chi connectivity index (χ4n) is 2.83. The molecule has 0 aliphatic rings. The zero-order valence-corrected chi connectivity index (χ0v) is 16.9. The summed E-state index contributed by atoms with van der Waals surface area (Å²) in [4.78, 5) is 14.7. The Kier molecular flexibility index (Phi) is 6.62. The van der Waals surface area contributed by atoms with Gasteiger partial charge in [-0.25, -0.2) is 4.39 Å². The van der Waals surface area contributed by atoms with Gasteiger partial charge in [0.2, 0.25) is 5.91 Å². The van der Waals surface area contributed by atoms with Gasteiger partial charge in [0.05, 0.1) is 17.7 Å². The summed E-state index contributed by atoms with van der Waals surface area (Å²) in [5.74, 6) is 0.169. The summed E-state index contributed by atoms with van der Waals surface area (Å²) in [6, 6.07) is 17.4. The number of anilines is 1. The number of thioether (sulfide) groups is 1. The van der Waals surface area contributed by atoms with Crippen molar-refractivity contribution in [2.24, 2.45) is 7.05 Å². The van der Waals surface area contributed by atoms with E-state index in [2.05, 4.69) is 16.3 Å². The molecule has 0 aliphatic heterocycles. The third kappa shape index (κ3) is 4.81. The number of para-hydroxylation sites is 1. The van der Waals surface area contributed by atoms with Gasteiger partial charge in [-0.3, -0.25) is 4.79 Å². The molecule has 6 nitrogen and oxygen atoms in total. The average Bonchev–Trinajstić information content (AvgIpc) is 3.09. The second-order valence-corrected chi connectivity index (χ2v) is 7.67. The van der Waals surface area contributed by atoms with Crippen LogP contribution in [0.5, 0.6) is 0 Å². The summed E-state index contributed by atoms with van der Waals surface area (Å²) in [5, 5.41) is 17.5. The molecule has 3 aromatic rings. The van der Waals surface area contributed by atoms with E-state index in [1.165, 1.54) is 23.9 Å². The van der Waals surface area contributed by atoms with Crippen LogP contribution in [-0.2, 0) is 11.8 Å². The van der Waals surface area contributed by atoms with Gasteiger partial charge in [0.15, 0.2) is 11.0 Å². The summed E-state index contributed by atoms with van der Waals surface area (Å²) in [6.07, 6.45) is 0.247. The van der Waals surface area contributed by atoms with Gasteiger partial charge < -0.3 is 9.47 Å². The number of aromatic nitrogens is 3. The number of amides is 1. The Morgan fingerprint density at radius 1 is 1.21 bits per heavy atom. The molecule has 0 spiro atoms. The van der Waals surface area contributed by atoms with Crippen molar-refractivity contribution in [2.75, 3.05) is 11.4 Å². The van der Waals surface area contributed by atoms with E-state index in [9.17, 15) is 9.18 Å². The molecule has 3 rings (SSSR count). The number of carbonyl (C=O) groups excluding carboxylic acids is 1. The molecule has 1 atom stereocenters. The molecule has 0 aliphatic carbocycles. The van der Waals surface area contributed by atoms with Gasteiger partial charge in [0, 0.05) is 24.8 Å². The van der Waals surface area contributed by atoms with E-state index in [0.29, 0.717) is 17.5 Å². The number of nitriles is 1. The fraction of sp³-hybridized carbons (Fsp3) is 0.238. The Balaban J connectivity index is 1.78. The maximum atomic E-state index is 13.2. The zero-order valence-electron chi connectivity index (χ0n) is 16.1. The first kappa shape index (κ1) is 20.6. The van der Waals surface area contributed by atoms with Crippen LogP contribution in [0.1, 0.15) is 13.3 Å². The van der Waals surface area contributed by atoms with Crippen LogP contribution in [0.2, 0.25) is 0 Å². The molecular weight excluding hydrogens is 389 g/mol. The first-order valence-corrected chi connectivity index (χ1v) is 9.94. The van der Waals surface area contributed by atoms with E-state index < -0.39 is 5.25 Å². The van der Waals surface area contributed by atoms with Crippen LogP contribution in [0.4, 0.5) is 10.1 Å². The molecule has 1 heterocycles. The van der Waals surface area contributed by atoms with Gasteiger partial charge in [-0.2, -0.15) is 5.26 Å². The molecule has 0 saturated carbocycles. The maximum absolute atomic E-state index is 13.2. The Morgan fingerprint density at radius 2 is 1.90 bits per heavy atom. The molecule has 0 bridgehead atoms. The molecule has 148 valence electrons. The summed E-state index contributed by atoms with van der Waals surface area (Å²) < 4.78 is 14.9. The maximum Gasteiger partial charge on any atom is 0.240 e. The zero-order chi connectivity index (χ0) is 20.8. The normalized spacial score (nSPS) is 11.7. The highest BCUT2D eigenvalue weighted by atomic mass is 32.2. The van der Waals surface area contributed by atoms with Gasteiger partial charge in [0.1, 0.15) is 5.82 Å². The first-order chi connectivity index (χ1) is 14.0. The number of benzene rings is 2. The minimum absolute atomic E-state index is 0.109. The van der Waals surface area contributed by atoms with Crippen LogP contribution < -0.4 is 4.90 Å². The second-order valence-electron chi connectivity index (χ2n) is 6.37. The van der Waals surface area contributed by atoms with Crippen molar-refractivity contribution in [1.29, 1.82) is 5.26 Å². The predicted octanol–water partition coefficient (Wildman–Crippen LogP) is 4.05. The van der Waals surface area contributed by atoms with Gasteiger partial charge in [-0.15, -0.1) is 10.2 Å². The van der Waals surface area contributed by atoms with Crippen molar-refractivity contribution < 1.29 is 9.18 Å². The highest BCUT2D eigenvalue weighted by Crippen LogP contribution is 2.28. The molecular formula is C21H20FN5OS. The number of hydrogen-bond acceptors (Lipinski definition) is 5.